The highest BCUT2D eigenvalue weighted by Crippen LogP contribution is 2.19. The van der Waals surface area contributed by atoms with Crippen LogP contribution in [0.3, 0.4) is 0 Å². The zero-order valence-electron chi connectivity index (χ0n) is 16.2. The normalized spacial score (nSPS) is 10.6. The first kappa shape index (κ1) is 19.5. The summed E-state index contributed by atoms with van der Waals surface area (Å²) in [5.41, 5.74) is 1.67. The molecule has 28 heavy (non-hydrogen) atoms. The Labute approximate surface area is 164 Å². The maximum absolute atomic E-state index is 12.0. The van der Waals surface area contributed by atoms with Crippen molar-refractivity contribution in [3.63, 3.8) is 0 Å². The Kier molecular flexibility index (Phi) is 6.73. The highest BCUT2D eigenvalue weighted by Gasteiger charge is 2.08. The number of carbonyl (C=O) groups is 1. The zero-order valence-corrected chi connectivity index (χ0v) is 16.2. The standard InChI is InChI=1S/C21H25N3O4/c1-3-26-17-7-9-18(10-8-17)28-15-20(25)22-12-11-16-14-24-13-5-6-19(27-4-2)21(24)23-16/h5-10,13-14H,3-4,11-12,15H2,1-2H3,(H,22,25). The molecule has 1 N–H and O–H groups in total. The summed E-state index contributed by atoms with van der Waals surface area (Å²) in [6.45, 7) is 5.53. The topological polar surface area (TPSA) is 74.1 Å². The molecule has 2 aromatic heterocycles. The van der Waals surface area contributed by atoms with Gasteiger partial charge in [0.2, 0.25) is 0 Å². The number of hydrogen-bond acceptors (Lipinski definition) is 5. The summed E-state index contributed by atoms with van der Waals surface area (Å²) in [6, 6.07) is 11.0. The monoisotopic (exact) mass is 383 g/mol. The van der Waals surface area contributed by atoms with Gasteiger partial charge in [-0.1, -0.05) is 0 Å². The summed E-state index contributed by atoms with van der Waals surface area (Å²) >= 11 is 0. The molecule has 0 aliphatic carbocycles. The minimum atomic E-state index is -0.173. The van der Waals surface area contributed by atoms with Crippen molar-refractivity contribution in [3.05, 3.63) is 54.5 Å². The Morgan fingerprint density at radius 1 is 1.04 bits per heavy atom. The lowest BCUT2D eigenvalue weighted by molar-refractivity contribution is -0.123. The molecule has 3 aromatic rings. The Balaban J connectivity index is 1.45. The third-order valence-electron chi connectivity index (χ3n) is 4.00. The molecular weight excluding hydrogens is 358 g/mol. The predicted octanol–water partition coefficient (Wildman–Crippen LogP) is 2.87. The first-order chi connectivity index (χ1) is 13.7. The van der Waals surface area contributed by atoms with Crippen molar-refractivity contribution in [1.82, 2.24) is 14.7 Å². The van der Waals surface area contributed by atoms with Crippen LogP contribution in [0, 0.1) is 0 Å². The summed E-state index contributed by atoms with van der Waals surface area (Å²) in [7, 11) is 0. The van der Waals surface area contributed by atoms with Gasteiger partial charge in [-0.25, -0.2) is 4.98 Å². The summed E-state index contributed by atoms with van der Waals surface area (Å²) in [5, 5.41) is 2.85. The molecule has 0 spiro atoms. The fourth-order valence-electron chi connectivity index (χ4n) is 2.76. The second kappa shape index (κ2) is 9.64. The van der Waals surface area contributed by atoms with Crippen LogP contribution in [0.1, 0.15) is 19.5 Å². The van der Waals surface area contributed by atoms with Crippen molar-refractivity contribution < 1.29 is 19.0 Å². The SMILES string of the molecule is CCOc1ccc(OCC(=O)NCCc2cn3cccc(OCC)c3n2)cc1. The van der Waals surface area contributed by atoms with Gasteiger partial charge in [0, 0.05) is 25.4 Å². The van der Waals surface area contributed by atoms with E-state index in [9.17, 15) is 4.79 Å². The van der Waals surface area contributed by atoms with E-state index in [0.717, 1.165) is 22.8 Å². The first-order valence-electron chi connectivity index (χ1n) is 9.41. The van der Waals surface area contributed by atoms with E-state index < -0.39 is 0 Å². The number of imidazole rings is 1. The van der Waals surface area contributed by atoms with E-state index in [1.807, 2.05) is 54.9 Å². The van der Waals surface area contributed by atoms with Crippen LogP contribution < -0.4 is 19.5 Å². The number of ether oxygens (including phenoxy) is 3. The van der Waals surface area contributed by atoms with Gasteiger partial charge in [0.15, 0.2) is 18.0 Å². The number of aromatic nitrogens is 2. The van der Waals surface area contributed by atoms with Crippen LogP contribution in [0.25, 0.3) is 5.65 Å². The first-order valence-corrected chi connectivity index (χ1v) is 9.41. The van der Waals surface area contributed by atoms with Gasteiger partial charge in [0.25, 0.3) is 5.91 Å². The molecule has 1 aromatic carbocycles. The van der Waals surface area contributed by atoms with Crippen molar-refractivity contribution in [1.29, 1.82) is 0 Å². The zero-order chi connectivity index (χ0) is 19.8. The highest BCUT2D eigenvalue weighted by molar-refractivity contribution is 5.77. The van der Waals surface area contributed by atoms with Crippen molar-refractivity contribution in [2.75, 3.05) is 26.4 Å². The molecule has 0 saturated carbocycles. The average molecular weight is 383 g/mol. The van der Waals surface area contributed by atoms with Gasteiger partial charge < -0.3 is 23.9 Å². The van der Waals surface area contributed by atoms with Crippen LogP contribution in [0.4, 0.5) is 0 Å². The molecule has 7 nitrogen and oxygen atoms in total. The molecule has 0 bridgehead atoms. The molecule has 0 aliphatic rings. The van der Waals surface area contributed by atoms with Crippen LogP contribution >= 0.6 is 0 Å². The molecule has 1 amide bonds. The number of hydrogen-bond donors (Lipinski definition) is 1. The van der Waals surface area contributed by atoms with Crippen LogP contribution in [-0.2, 0) is 11.2 Å². The fraction of sp³-hybridized carbons (Fsp3) is 0.333. The molecule has 0 unspecified atom stereocenters. The number of pyridine rings is 1. The summed E-state index contributed by atoms with van der Waals surface area (Å²) in [6.07, 6.45) is 4.50. The van der Waals surface area contributed by atoms with Gasteiger partial charge in [-0.15, -0.1) is 0 Å². The Bertz CT molecular complexity index is 906. The number of nitrogens with zero attached hydrogens (tertiary/aromatic N) is 2. The van der Waals surface area contributed by atoms with Crippen molar-refractivity contribution >= 4 is 11.6 Å². The van der Waals surface area contributed by atoms with Gasteiger partial charge in [0.05, 0.1) is 18.9 Å². The van der Waals surface area contributed by atoms with Gasteiger partial charge in [0.1, 0.15) is 11.5 Å². The van der Waals surface area contributed by atoms with E-state index in [1.54, 1.807) is 12.1 Å². The second-order valence-electron chi connectivity index (χ2n) is 6.06. The van der Waals surface area contributed by atoms with E-state index in [4.69, 9.17) is 14.2 Å². The van der Waals surface area contributed by atoms with E-state index in [-0.39, 0.29) is 12.5 Å². The molecule has 148 valence electrons. The van der Waals surface area contributed by atoms with Crippen molar-refractivity contribution in [2.24, 2.45) is 0 Å². The summed E-state index contributed by atoms with van der Waals surface area (Å²) in [5.74, 6) is 1.98. The smallest absolute Gasteiger partial charge is 0.257 e. The largest absolute Gasteiger partial charge is 0.494 e. The average Bonchev–Trinajstić information content (AvgIpc) is 3.12. The van der Waals surface area contributed by atoms with Crippen molar-refractivity contribution in [3.8, 4) is 17.2 Å². The number of rotatable bonds is 10. The molecule has 3 rings (SSSR count). The quantitative estimate of drug-likeness (QED) is 0.583. The Morgan fingerprint density at radius 3 is 2.46 bits per heavy atom. The molecule has 0 atom stereocenters. The van der Waals surface area contributed by atoms with E-state index >= 15 is 0 Å². The van der Waals surface area contributed by atoms with Crippen LogP contribution in [0.2, 0.25) is 0 Å². The number of nitrogens with one attached hydrogen (secondary N) is 1. The van der Waals surface area contributed by atoms with E-state index in [1.165, 1.54) is 0 Å². The summed E-state index contributed by atoms with van der Waals surface area (Å²) < 4.78 is 18.4. The minimum Gasteiger partial charge on any atom is -0.494 e. The lowest BCUT2D eigenvalue weighted by Gasteiger charge is -2.08. The fourth-order valence-corrected chi connectivity index (χ4v) is 2.76. The van der Waals surface area contributed by atoms with Crippen LogP contribution in [0.5, 0.6) is 17.2 Å². The predicted molar refractivity (Wildman–Crippen MR) is 106 cm³/mol. The Hall–Kier alpha value is -3.22. The van der Waals surface area contributed by atoms with Gasteiger partial charge in [-0.2, -0.15) is 0 Å². The lowest BCUT2D eigenvalue weighted by Crippen LogP contribution is -2.30. The molecule has 0 aliphatic heterocycles. The number of carbonyl (C=O) groups excluding carboxylic acids is 1. The number of fused-ring (bicyclic) bond motifs is 1. The van der Waals surface area contributed by atoms with Gasteiger partial charge >= 0.3 is 0 Å². The third-order valence-corrected chi connectivity index (χ3v) is 4.00. The number of amides is 1. The van der Waals surface area contributed by atoms with Crippen molar-refractivity contribution in [2.45, 2.75) is 20.3 Å². The Morgan fingerprint density at radius 2 is 1.75 bits per heavy atom. The van der Waals surface area contributed by atoms with Gasteiger partial charge in [-0.3, -0.25) is 4.79 Å². The molecule has 0 saturated heterocycles. The highest BCUT2D eigenvalue weighted by atomic mass is 16.5. The van der Waals surface area contributed by atoms with Crippen LogP contribution in [-0.4, -0.2) is 41.7 Å². The third kappa shape index (κ3) is 5.16. The molecule has 0 radical (unpaired) electrons. The maximum atomic E-state index is 12.0. The molecule has 2 heterocycles. The van der Waals surface area contributed by atoms with E-state index in [0.29, 0.717) is 31.9 Å². The minimum absolute atomic E-state index is 0.0341. The van der Waals surface area contributed by atoms with E-state index in [2.05, 4.69) is 10.3 Å². The molecular formula is C21H25N3O4. The lowest BCUT2D eigenvalue weighted by atomic mass is 10.3. The van der Waals surface area contributed by atoms with Gasteiger partial charge in [-0.05, 0) is 50.2 Å². The van der Waals surface area contributed by atoms with Crippen LogP contribution in [0.15, 0.2) is 48.8 Å². The molecule has 0 fully saturated rings. The number of benzene rings is 1. The summed E-state index contributed by atoms with van der Waals surface area (Å²) in [4.78, 5) is 16.6. The second-order valence-corrected chi connectivity index (χ2v) is 6.06. The molecule has 7 heteroatoms. The maximum Gasteiger partial charge on any atom is 0.257 e.